The molecule has 3 nitrogen and oxygen atoms in total. The molecule has 1 amide bonds. The SMILES string of the molecule is CN1C[C@@H]2CCCC[C@@H]2[C@@H]1C(N)=O. The summed E-state index contributed by atoms with van der Waals surface area (Å²) in [6.07, 6.45) is 5.10. The Labute approximate surface area is 79.3 Å². The van der Waals surface area contributed by atoms with E-state index in [-0.39, 0.29) is 11.9 Å². The van der Waals surface area contributed by atoms with E-state index in [0.717, 1.165) is 12.5 Å². The molecule has 3 atom stereocenters. The number of likely N-dealkylation sites (N-methyl/N-ethyl adjacent to an activating group) is 1. The fourth-order valence-electron chi connectivity index (χ4n) is 3.12. The molecule has 0 aromatic rings. The van der Waals surface area contributed by atoms with Crippen molar-refractivity contribution in [1.82, 2.24) is 4.90 Å². The third-order valence-corrected chi connectivity index (χ3v) is 3.66. The molecule has 1 heterocycles. The monoisotopic (exact) mass is 182 g/mol. The van der Waals surface area contributed by atoms with Gasteiger partial charge in [0.1, 0.15) is 0 Å². The minimum Gasteiger partial charge on any atom is -0.368 e. The van der Waals surface area contributed by atoms with Crippen molar-refractivity contribution >= 4 is 5.91 Å². The van der Waals surface area contributed by atoms with Crippen LogP contribution < -0.4 is 5.73 Å². The standard InChI is InChI=1S/C10H18N2O/c1-12-6-7-4-2-3-5-8(7)9(12)10(11)13/h7-9H,2-6H2,1H3,(H2,11,13)/t7-,8-,9+/m0/s1. The lowest BCUT2D eigenvalue weighted by Crippen LogP contribution is -2.42. The van der Waals surface area contributed by atoms with Crippen LogP contribution in [0.15, 0.2) is 0 Å². The molecule has 1 aliphatic heterocycles. The second-order valence-electron chi connectivity index (χ2n) is 4.50. The zero-order valence-electron chi connectivity index (χ0n) is 8.20. The largest absolute Gasteiger partial charge is 0.368 e. The molecule has 0 spiro atoms. The van der Waals surface area contributed by atoms with Gasteiger partial charge in [0.2, 0.25) is 5.91 Å². The second-order valence-corrected chi connectivity index (χ2v) is 4.50. The Hall–Kier alpha value is -0.570. The van der Waals surface area contributed by atoms with Crippen LogP contribution in [0.2, 0.25) is 0 Å². The van der Waals surface area contributed by atoms with Gasteiger partial charge in [-0.2, -0.15) is 0 Å². The summed E-state index contributed by atoms with van der Waals surface area (Å²) in [5.74, 6) is 1.16. The van der Waals surface area contributed by atoms with E-state index >= 15 is 0 Å². The van der Waals surface area contributed by atoms with Gasteiger partial charge >= 0.3 is 0 Å². The highest BCUT2D eigenvalue weighted by molar-refractivity contribution is 5.80. The van der Waals surface area contributed by atoms with Crippen LogP contribution in [0.3, 0.4) is 0 Å². The molecule has 74 valence electrons. The number of rotatable bonds is 1. The van der Waals surface area contributed by atoms with E-state index < -0.39 is 0 Å². The van der Waals surface area contributed by atoms with Crippen molar-refractivity contribution in [1.29, 1.82) is 0 Å². The van der Waals surface area contributed by atoms with E-state index in [1.807, 2.05) is 7.05 Å². The minimum absolute atomic E-state index is 0.0188. The average Bonchev–Trinajstić information content (AvgIpc) is 2.39. The number of amides is 1. The van der Waals surface area contributed by atoms with Crippen molar-refractivity contribution in [2.45, 2.75) is 31.7 Å². The van der Waals surface area contributed by atoms with Crippen LogP contribution in [-0.2, 0) is 4.79 Å². The number of nitrogens with two attached hydrogens (primary N) is 1. The Morgan fingerprint density at radius 1 is 1.38 bits per heavy atom. The molecule has 13 heavy (non-hydrogen) atoms. The highest BCUT2D eigenvalue weighted by Gasteiger charge is 2.43. The van der Waals surface area contributed by atoms with E-state index in [9.17, 15) is 4.79 Å². The third-order valence-electron chi connectivity index (χ3n) is 3.66. The van der Waals surface area contributed by atoms with Gasteiger partial charge in [0.25, 0.3) is 0 Å². The first-order valence-corrected chi connectivity index (χ1v) is 5.19. The predicted octanol–water partition coefficient (Wildman–Crippen LogP) is 0.592. The molecular weight excluding hydrogens is 164 g/mol. The molecule has 2 rings (SSSR count). The molecule has 2 fully saturated rings. The van der Waals surface area contributed by atoms with Crippen molar-refractivity contribution in [3.63, 3.8) is 0 Å². The molecule has 0 aromatic heterocycles. The first-order valence-electron chi connectivity index (χ1n) is 5.19. The van der Waals surface area contributed by atoms with Gasteiger partial charge in [-0.05, 0) is 31.7 Å². The number of nitrogens with zero attached hydrogens (tertiary/aromatic N) is 1. The van der Waals surface area contributed by atoms with Crippen LogP contribution in [0, 0.1) is 11.8 Å². The lowest BCUT2D eigenvalue weighted by Gasteiger charge is -2.27. The van der Waals surface area contributed by atoms with Crippen LogP contribution in [0.4, 0.5) is 0 Å². The maximum Gasteiger partial charge on any atom is 0.235 e. The van der Waals surface area contributed by atoms with Crippen LogP contribution in [0.5, 0.6) is 0 Å². The Morgan fingerprint density at radius 3 is 2.77 bits per heavy atom. The van der Waals surface area contributed by atoms with Crippen molar-refractivity contribution in [2.24, 2.45) is 17.6 Å². The van der Waals surface area contributed by atoms with Gasteiger partial charge in [-0.1, -0.05) is 12.8 Å². The van der Waals surface area contributed by atoms with E-state index in [4.69, 9.17) is 5.73 Å². The molecule has 0 radical (unpaired) electrons. The van der Waals surface area contributed by atoms with Crippen LogP contribution in [-0.4, -0.2) is 30.4 Å². The summed E-state index contributed by atoms with van der Waals surface area (Å²) in [5.41, 5.74) is 5.41. The number of fused-ring (bicyclic) bond motifs is 1. The number of primary amides is 1. The smallest absolute Gasteiger partial charge is 0.235 e. The van der Waals surface area contributed by atoms with E-state index in [1.54, 1.807) is 0 Å². The van der Waals surface area contributed by atoms with Crippen molar-refractivity contribution in [2.75, 3.05) is 13.6 Å². The van der Waals surface area contributed by atoms with E-state index in [1.165, 1.54) is 25.7 Å². The van der Waals surface area contributed by atoms with Crippen molar-refractivity contribution < 1.29 is 4.79 Å². The zero-order chi connectivity index (χ0) is 9.42. The van der Waals surface area contributed by atoms with E-state index in [0.29, 0.717) is 5.92 Å². The number of hydrogen-bond acceptors (Lipinski definition) is 2. The van der Waals surface area contributed by atoms with Crippen molar-refractivity contribution in [3.05, 3.63) is 0 Å². The maximum atomic E-state index is 11.2. The lowest BCUT2D eigenvalue weighted by atomic mass is 9.78. The molecule has 0 unspecified atom stereocenters. The summed E-state index contributed by atoms with van der Waals surface area (Å²) >= 11 is 0. The van der Waals surface area contributed by atoms with Gasteiger partial charge in [-0.3, -0.25) is 9.69 Å². The fourth-order valence-corrected chi connectivity index (χ4v) is 3.12. The summed E-state index contributed by atoms with van der Waals surface area (Å²) < 4.78 is 0. The van der Waals surface area contributed by atoms with Gasteiger partial charge in [-0.25, -0.2) is 0 Å². The first kappa shape index (κ1) is 9.00. The summed E-state index contributed by atoms with van der Waals surface area (Å²) in [6, 6.07) is 0.0188. The zero-order valence-corrected chi connectivity index (χ0v) is 8.20. The average molecular weight is 182 g/mol. The highest BCUT2D eigenvalue weighted by atomic mass is 16.1. The van der Waals surface area contributed by atoms with Gasteiger partial charge < -0.3 is 5.73 Å². The molecule has 1 saturated heterocycles. The Morgan fingerprint density at radius 2 is 2.08 bits per heavy atom. The van der Waals surface area contributed by atoms with Gasteiger partial charge in [0.05, 0.1) is 6.04 Å². The molecule has 0 bridgehead atoms. The number of carbonyl (C=O) groups is 1. The van der Waals surface area contributed by atoms with Crippen LogP contribution >= 0.6 is 0 Å². The van der Waals surface area contributed by atoms with Gasteiger partial charge in [0, 0.05) is 6.54 Å². The lowest BCUT2D eigenvalue weighted by molar-refractivity contribution is -0.123. The first-order chi connectivity index (χ1) is 6.20. The fraction of sp³-hybridized carbons (Fsp3) is 0.900. The second kappa shape index (κ2) is 3.29. The summed E-state index contributed by atoms with van der Waals surface area (Å²) in [5, 5.41) is 0. The van der Waals surface area contributed by atoms with Gasteiger partial charge in [0.15, 0.2) is 0 Å². The molecule has 2 aliphatic rings. The quantitative estimate of drug-likeness (QED) is 0.645. The number of hydrogen-bond donors (Lipinski definition) is 1. The number of likely N-dealkylation sites (tertiary alicyclic amines) is 1. The summed E-state index contributed by atoms with van der Waals surface area (Å²) in [7, 11) is 2.02. The van der Waals surface area contributed by atoms with E-state index in [2.05, 4.69) is 4.90 Å². The third kappa shape index (κ3) is 1.46. The van der Waals surface area contributed by atoms with Crippen LogP contribution in [0.25, 0.3) is 0 Å². The molecule has 2 N–H and O–H groups in total. The summed E-state index contributed by atoms with van der Waals surface area (Å²) in [6.45, 7) is 1.07. The predicted molar refractivity (Wildman–Crippen MR) is 51.1 cm³/mol. The normalized spacial score (nSPS) is 40.2. The topological polar surface area (TPSA) is 46.3 Å². The maximum absolute atomic E-state index is 11.2. The molecule has 3 heteroatoms. The highest BCUT2D eigenvalue weighted by Crippen LogP contribution is 2.39. The van der Waals surface area contributed by atoms with Crippen molar-refractivity contribution in [3.8, 4) is 0 Å². The Balaban J connectivity index is 2.13. The Kier molecular flexibility index (Phi) is 2.28. The minimum atomic E-state index is -0.128. The molecule has 0 aromatic carbocycles. The molecule has 1 aliphatic carbocycles. The van der Waals surface area contributed by atoms with Gasteiger partial charge in [-0.15, -0.1) is 0 Å². The molecular formula is C10H18N2O. The number of carbonyl (C=O) groups excluding carboxylic acids is 1. The Bertz CT molecular complexity index is 217. The summed E-state index contributed by atoms with van der Waals surface area (Å²) in [4.78, 5) is 13.4. The van der Waals surface area contributed by atoms with Crippen LogP contribution in [0.1, 0.15) is 25.7 Å². The molecule has 1 saturated carbocycles.